The molecule has 128 valence electrons. The molecule has 0 radical (unpaired) electrons. The number of hydrogen-bond acceptors (Lipinski definition) is 4. The number of benzene rings is 2. The number of nitrogens with one attached hydrogen (secondary N) is 1. The third-order valence-electron chi connectivity index (χ3n) is 3.63. The number of carboxylic acid groups (broad SMARTS) is 1. The van der Waals surface area contributed by atoms with E-state index in [-0.39, 0.29) is 10.8 Å². The van der Waals surface area contributed by atoms with E-state index in [2.05, 4.69) is 4.72 Å². The Labute approximate surface area is 140 Å². The van der Waals surface area contributed by atoms with Gasteiger partial charge < -0.3 is 9.90 Å². The van der Waals surface area contributed by atoms with Crippen LogP contribution in [-0.4, -0.2) is 14.4 Å². The van der Waals surface area contributed by atoms with Crippen LogP contribution in [0.4, 0.5) is 10.1 Å². The van der Waals surface area contributed by atoms with Crippen LogP contribution in [0.1, 0.15) is 41.3 Å². The molecule has 0 amide bonds. The van der Waals surface area contributed by atoms with Crippen molar-refractivity contribution in [3.8, 4) is 0 Å². The van der Waals surface area contributed by atoms with Crippen molar-refractivity contribution in [1.29, 1.82) is 0 Å². The molecular formula is C17H17FNO4S-. The third-order valence-corrected chi connectivity index (χ3v) is 4.98. The molecule has 0 aromatic heterocycles. The normalized spacial score (nSPS) is 11.5. The zero-order chi connectivity index (χ0) is 18.1. The lowest BCUT2D eigenvalue weighted by Gasteiger charge is -2.18. The van der Waals surface area contributed by atoms with Gasteiger partial charge in [-0.3, -0.25) is 4.72 Å². The lowest BCUT2D eigenvalue weighted by atomic mass is 9.99. The molecule has 0 bridgehead atoms. The van der Waals surface area contributed by atoms with Gasteiger partial charge in [0.1, 0.15) is 5.82 Å². The zero-order valence-corrected chi connectivity index (χ0v) is 14.3. The third kappa shape index (κ3) is 3.56. The van der Waals surface area contributed by atoms with Crippen molar-refractivity contribution < 1.29 is 22.7 Å². The van der Waals surface area contributed by atoms with E-state index in [4.69, 9.17) is 0 Å². The first-order valence-electron chi connectivity index (χ1n) is 7.26. The smallest absolute Gasteiger partial charge is 0.261 e. The van der Waals surface area contributed by atoms with Gasteiger partial charge in [0.15, 0.2) is 0 Å². The van der Waals surface area contributed by atoms with Gasteiger partial charge >= 0.3 is 0 Å². The van der Waals surface area contributed by atoms with Crippen LogP contribution < -0.4 is 9.83 Å². The number of carboxylic acids is 1. The van der Waals surface area contributed by atoms with Gasteiger partial charge in [0.2, 0.25) is 0 Å². The number of anilines is 1. The second-order valence-electron chi connectivity index (χ2n) is 5.73. The van der Waals surface area contributed by atoms with Crippen molar-refractivity contribution in [2.45, 2.75) is 31.6 Å². The Morgan fingerprint density at radius 2 is 1.88 bits per heavy atom. The molecule has 0 saturated carbocycles. The number of rotatable bonds is 5. The lowest BCUT2D eigenvalue weighted by molar-refractivity contribution is -0.255. The largest absolute Gasteiger partial charge is 0.545 e. The van der Waals surface area contributed by atoms with Crippen LogP contribution in [-0.2, 0) is 10.0 Å². The van der Waals surface area contributed by atoms with Crippen LogP contribution >= 0.6 is 0 Å². The van der Waals surface area contributed by atoms with E-state index in [1.165, 1.54) is 0 Å². The van der Waals surface area contributed by atoms with Crippen LogP contribution in [0.5, 0.6) is 0 Å². The topological polar surface area (TPSA) is 86.3 Å². The van der Waals surface area contributed by atoms with Crippen molar-refractivity contribution in [3.05, 3.63) is 58.9 Å². The number of carbonyl (C=O) groups excluding carboxylic acids is 1. The predicted molar refractivity (Wildman–Crippen MR) is 86.8 cm³/mol. The maximum atomic E-state index is 13.4. The summed E-state index contributed by atoms with van der Waals surface area (Å²) in [5.74, 6) is -2.74. The number of carbonyl (C=O) groups is 1. The highest BCUT2D eigenvalue weighted by atomic mass is 32.2. The maximum absolute atomic E-state index is 13.4. The summed E-state index contributed by atoms with van der Waals surface area (Å²) in [7, 11) is -4.07. The fourth-order valence-electron chi connectivity index (χ4n) is 2.33. The molecule has 7 heteroatoms. The average molecular weight is 350 g/mol. The molecule has 2 aromatic carbocycles. The van der Waals surface area contributed by atoms with E-state index in [0.29, 0.717) is 5.69 Å². The Bertz CT molecular complexity index is 891. The molecule has 0 fully saturated rings. The molecule has 5 nitrogen and oxygen atoms in total. The molecule has 0 aliphatic rings. The summed E-state index contributed by atoms with van der Waals surface area (Å²) in [6, 6.07) is 7.96. The SMILES string of the molecule is Cc1cccc(C(C)C)c1NS(=O)(=O)c1ccc(F)c(C(=O)[O-])c1. The molecule has 0 aliphatic heterocycles. The van der Waals surface area contributed by atoms with Crippen LogP contribution in [0.25, 0.3) is 0 Å². The molecular weight excluding hydrogens is 333 g/mol. The van der Waals surface area contributed by atoms with Crippen LogP contribution in [0.3, 0.4) is 0 Å². The van der Waals surface area contributed by atoms with Crippen molar-refractivity contribution in [3.63, 3.8) is 0 Å². The lowest BCUT2D eigenvalue weighted by Crippen LogP contribution is -2.24. The summed E-state index contributed by atoms with van der Waals surface area (Å²) in [6.45, 7) is 5.62. The highest BCUT2D eigenvalue weighted by Crippen LogP contribution is 2.29. The fraction of sp³-hybridized carbons (Fsp3) is 0.235. The summed E-state index contributed by atoms with van der Waals surface area (Å²) < 4.78 is 41.0. The Morgan fingerprint density at radius 1 is 1.21 bits per heavy atom. The minimum Gasteiger partial charge on any atom is -0.545 e. The van der Waals surface area contributed by atoms with Gasteiger partial charge in [0, 0.05) is 5.56 Å². The van der Waals surface area contributed by atoms with Crippen molar-refractivity contribution >= 4 is 21.7 Å². The molecule has 0 heterocycles. The molecule has 2 rings (SSSR count). The minimum absolute atomic E-state index is 0.0783. The van der Waals surface area contributed by atoms with Gasteiger partial charge in [-0.25, -0.2) is 12.8 Å². The minimum atomic E-state index is -4.07. The summed E-state index contributed by atoms with van der Waals surface area (Å²) in [4.78, 5) is 10.5. The molecule has 0 saturated heterocycles. The van der Waals surface area contributed by atoms with E-state index >= 15 is 0 Å². The standard InChI is InChI=1S/C17H18FNO4S/c1-10(2)13-6-4-5-11(3)16(13)19-24(22,23)12-7-8-15(18)14(9-12)17(20)21/h4-10,19H,1-3H3,(H,20,21)/p-1. The molecule has 24 heavy (non-hydrogen) atoms. The first kappa shape index (κ1) is 17.9. The molecule has 1 N–H and O–H groups in total. The fourth-order valence-corrected chi connectivity index (χ4v) is 3.52. The zero-order valence-electron chi connectivity index (χ0n) is 13.5. The Morgan fingerprint density at radius 3 is 2.46 bits per heavy atom. The number of sulfonamides is 1. The van der Waals surface area contributed by atoms with E-state index in [1.54, 1.807) is 13.0 Å². The Kier molecular flexibility index (Phi) is 4.94. The van der Waals surface area contributed by atoms with Gasteiger partial charge in [-0.15, -0.1) is 0 Å². The average Bonchev–Trinajstić information content (AvgIpc) is 2.48. The van der Waals surface area contributed by atoms with E-state index in [9.17, 15) is 22.7 Å². The van der Waals surface area contributed by atoms with Crippen LogP contribution in [0.15, 0.2) is 41.3 Å². The van der Waals surface area contributed by atoms with E-state index in [1.807, 2.05) is 26.0 Å². The second-order valence-corrected chi connectivity index (χ2v) is 7.41. The number of hydrogen-bond donors (Lipinski definition) is 1. The van der Waals surface area contributed by atoms with Gasteiger partial charge in [-0.2, -0.15) is 0 Å². The van der Waals surface area contributed by atoms with Crippen molar-refractivity contribution in [1.82, 2.24) is 0 Å². The number of para-hydroxylation sites is 1. The quantitative estimate of drug-likeness (QED) is 0.897. The number of aryl methyl sites for hydroxylation is 1. The predicted octanol–water partition coefficient (Wildman–Crippen LogP) is 2.42. The molecule has 0 aliphatic carbocycles. The monoisotopic (exact) mass is 350 g/mol. The van der Waals surface area contributed by atoms with Gasteiger partial charge in [0.05, 0.1) is 16.6 Å². The summed E-state index contributed by atoms with van der Waals surface area (Å²) in [5.41, 5.74) is 1.17. The highest BCUT2D eigenvalue weighted by Gasteiger charge is 2.20. The number of halogens is 1. The first-order valence-corrected chi connectivity index (χ1v) is 8.75. The maximum Gasteiger partial charge on any atom is 0.261 e. The van der Waals surface area contributed by atoms with Crippen molar-refractivity contribution in [2.75, 3.05) is 4.72 Å². The highest BCUT2D eigenvalue weighted by molar-refractivity contribution is 7.92. The Hall–Kier alpha value is -2.41. The molecule has 0 atom stereocenters. The molecule has 0 spiro atoms. The summed E-state index contributed by atoms with van der Waals surface area (Å²) in [6.07, 6.45) is 0. The van der Waals surface area contributed by atoms with Crippen LogP contribution in [0, 0.1) is 12.7 Å². The van der Waals surface area contributed by atoms with Gasteiger partial charge in [-0.05, 0) is 42.2 Å². The number of aromatic carboxylic acids is 1. The van der Waals surface area contributed by atoms with Crippen LogP contribution in [0.2, 0.25) is 0 Å². The Balaban J connectivity index is 2.51. The first-order chi connectivity index (χ1) is 11.1. The van der Waals surface area contributed by atoms with E-state index in [0.717, 1.165) is 29.3 Å². The van der Waals surface area contributed by atoms with E-state index < -0.39 is 27.4 Å². The second kappa shape index (κ2) is 6.60. The van der Waals surface area contributed by atoms with Crippen molar-refractivity contribution in [2.24, 2.45) is 0 Å². The molecule has 0 unspecified atom stereocenters. The van der Waals surface area contributed by atoms with Gasteiger partial charge in [0.25, 0.3) is 10.0 Å². The molecule has 2 aromatic rings. The summed E-state index contributed by atoms with van der Waals surface area (Å²) >= 11 is 0. The summed E-state index contributed by atoms with van der Waals surface area (Å²) in [5, 5.41) is 10.9. The van der Waals surface area contributed by atoms with Gasteiger partial charge in [-0.1, -0.05) is 32.0 Å².